The summed E-state index contributed by atoms with van der Waals surface area (Å²) in [6.07, 6.45) is 5.16. The summed E-state index contributed by atoms with van der Waals surface area (Å²) in [5, 5.41) is 0.427. The van der Waals surface area contributed by atoms with Crippen LogP contribution in [-0.2, 0) is 16.6 Å². The topological polar surface area (TPSA) is 50.3 Å². The maximum absolute atomic E-state index is 12.8. The highest BCUT2D eigenvalue weighted by Gasteiger charge is 2.38. The summed E-state index contributed by atoms with van der Waals surface area (Å²) >= 11 is 5.92. The Morgan fingerprint density at radius 2 is 1.90 bits per heavy atom. The molecule has 1 aromatic carbocycles. The lowest BCUT2D eigenvalue weighted by molar-refractivity contribution is 0.398. The Hall–Kier alpha value is -1.43. The average Bonchev–Trinajstić information content (AvgIpc) is 3.30. The molecule has 0 atom stereocenters. The van der Waals surface area contributed by atoms with Crippen molar-refractivity contribution in [3.8, 4) is 0 Å². The van der Waals surface area contributed by atoms with Crippen LogP contribution in [0, 0.1) is 0 Å². The van der Waals surface area contributed by atoms with Crippen molar-refractivity contribution >= 4 is 21.6 Å². The van der Waals surface area contributed by atoms with Gasteiger partial charge in [0.2, 0.25) is 10.0 Å². The smallest absolute Gasteiger partial charge is 0.243 e. The normalized spacial score (nSPS) is 15.3. The van der Waals surface area contributed by atoms with Gasteiger partial charge in [-0.3, -0.25) is 4.98 Å². The van der Waals surface area contributed by atoms with Crippen molar-refractivity contribution < 1.29 is 8.42 Å². The summed E-state index contributed by atoms with van der Waals surface area (Å²) in [5.41, 5.74) is 0.933. The molecule has 0 aliphatic heterocycles. The van der Waals surface area contributed by atoms with Crippen molar-refractivity contribution in [1.82, 2.24) is 9.29 Å². The SMILES string of the molecule is O=S(=O)(c1cccc(Cl)c1)N(Cc1ccncc1)C1CC1. The molecule has 0 unspecified atom stereocenters. The minimum atomic E-state index is -3.53. The highest BCUT2D eigenvalue weighted by Crippen LogP contribution is 2.33. The molecule has 1 aromatic heterocycles. The second kappa shape index (κ2) is 5.75. The van der Waals surface area contributed by atoms with Crippen molar-refractivity contribution in [2.45, 2.75) is 30.3 Å². The first-order chi connectivity index (χ1) is 10.1. The van der Waals surface area contributed by atoms with Gasteiger partial charge in [0.25, 0.3) is 0 Å². The number of halogens is 1. The maximum atomic E-state index is 12.8. The monoisotopic (exact) mass is 322 g/mol. The molecule has 4 nitrogen and oxygen atoms in total. The van der Waals surface area contributed by atoms with Crippen molar-refractivity contribution in [3.63, 3.8) is 0 Å². The number of hydrogen-bond donors (Lipinski definition) is 0. The van der Waals surface area contributed by atoms with Crippen LogP contribution in [-0.4, -0.2) is 23.7 Å². The van der Waals surface area contributed by atoms with Gasteiger partial charge in [-0.05, 0) is 48.7 Å². The second-order valence-corrected chi connectivity index (χ2v) is 7.42. The number of hydrogen-bond acceptors (Lipinski definition) is 3. The first-order valence-electron chi connectivity index (χ1n) is 6.74. The van der Waals surface area contributed by atoms with E-state index in [4.69, 9.17) is 11.6 Å². The standard InChI is InChI=1S/C15H15ClN2O2S/c16-13-2-1-3-15(10-13)21(19,20)18(14-4-5-14)11-12-6-8-17-9-7-12/h1-3,6-10,14H,4-5,11H2. The number of sulfonamides is 1. The van der Waals surface area contributed by atoms with E-state index >= 15 is 0 Å². The second-order valence-electron chi connectivity index (χ2n) is 5.09. The lowest BCUT2D eigenvalue weighted by atomic mass is 10.3. The molecule has 6 heteroatoms. The Morgan fingerprint density at radius 1 is 1.19 bits per heavy atom. The summed E-state index contributed by atoms with van der Waals surface area (Å²) in [6.45, 7) is 0.363. The average molecular weight is 323 g/mol. The summed E-state index contributed by atoms with van der Waals surface area (Å²) in [5.74, 6) is 0. The van der Waals surface area contributed by atoms with Crippen molar-refractivity contribution in [3.05, 3.63) is 59.4 Å². The molecule has 2 aromatic rings. The van der Waals surface area contributed by atoms with Crippen LogP contribution in [0.4, 0.5) is 0 Å². The third-order valence-corrected chi connectivity index (χ3v) is 5.57. The molecule has 1 saturated carbocycles. The van der Waals surface area contributed by atoms with Gasteiger partial charge in [-0.1, -0.05) is 17.7 Å². The molecule has 0 saturated heterocycles. The fourth-order valence-corrected chi connectivity index (χ4v) is 4.18. The molecular weight excluding hydrogens is 308 g/mol. The summed E-state index contributed by atoms with van der Waals surface area (Å²) in [4.78, 5) is 4.21. The molecule has 0 spiro atoms. The van der Waals surface area contributed by atoms with Gasteiger partial charge in [-0.2, -0.15) is 4.31 Å². The van der Waals surface area contributed by atoms with Gasteiger partial charge in [0.15, 0.2) is 0 Å². The summed E-state index contributed by atoms with van der Waals surface area (Å²) in [7, 11) is -3.53. The molecule has 1 heterocycles. The zero-order chi connectivity index (χ0) is 14.9. The van der Waals surface area contributed by atoms with E-state index in [0.717, 1.165) is 18.4 Å². The number of benzene rings is 1. The van der Waals surface area contributed by atoms with Crippen LogP contribution < -0.4 is 0 Å². The highest BCUT2D eigenvalue weighted by atomic mass is 35.5. The Labute approximate surface area is 129 Å². The lowest BCUT2D eigenvalue weighted by Crippen LogP contribution is -2.32. The molecule has 0 radical (unpaired) electrons. The largest absolute Gasteiger partial charge is 0.265 e. The van der Waals surface area contributed by atoms with Crippen molar-refractivity contribution in [2.24, 2.45) is 0 Å². The van der Waals surface area contributed by atoms with E-state index < -0.39 is 10.0 Å². The van der Waals surface area contributed by atoms with Crippen LogP contribution in [0.15, 0.2) is 53.7 Å². The van der Waals surface area contributed by atoms with Gasteiger partial charge >= 0.3 is 0 Å². The number of aromatic nitrogens is 1. The molecule has 1 aliphatic carbocycles. The van der Waals surface area contributed by atoms with Crippen molar-refractivity contribution in [1.29, 1.82) is 0 Å². The molecule has 3 rings (SSSR count). The van der Waals surface area contributed by atoms with E-state index in [1.54, 1.807) is 34.9 Å². The quantitative estimate of drug-likeness (QED) is 0.850. The highest BCUT2D eigenvalue weighted by molar-refractivity contribution is 7.89. The zero-order valence-electron chi connectivity index (χ0n) is 11.3. The van der Waals surface area contributed by atoms with Crippen LogP contribution in [0.25, 0.3) is 0 Å². The van der Waals surface area contributed by atoms with E-state index in [1.807, 2.05) is 12.1 Å². The van der Waals surface area contributed by atoms with E-state index in [0.29, 0.717) is 11.6 Å². The van der Waals surface area contributed by atoms with Crippen LogP contribution in [0.1, 0.15) is 18.4 Å². The molecule has 0 N–H and O–H groups in total. The van der Waals surface area contributed by atoms with Crippen LogP contribution >= 0.6 is 11.6 Å². The maximum Gasteiger partial charge on any atom is 0.243 e. The summed E-state index contributed by atoms with van der Waals surface area (Å²) < 4.78 is 27.2. The van der Waals surface area contributed by atoms with Gasteiger partial charge in [0.1, 0.15) is 0 Å². The van der Waals surface area contributed by atoms with Gasteiger partial charge in [0.05, 0.1) is 4.90 Å². The van der Waals surface area contributed by atoms with Gasteiger partial charge < -0.3 is 0 Å². The lowest BCUT2D eigenvalue weighted by Gasteiger charge is -2.22. The Bertz CT molecular complexity index is 730. The number of nitrogens with zero attached hydrogens (tertiary/aromatic N) is 2. The van der Waals surface area contributed by atoms with Gasteiger partial charge in [0, 0.05) is 30.0 Å². The number of rotatable bonds is 5. The van der Waals surface area contributed by atoms with E-state index in [-0.39, 0.29) is 10.9 Å². The van der Waals surface area contributed by atoms with Crippen LogP contribution in [0.3, 0.4) is 0 Å². The van der Waals surface area contributed by atoms with Crippen molar-refractivity contribution in [2.75, 3.05) is 0 Å². The summed E-state index contributed by atoms with van der Waals surface area (Å²) in [6, 6.07) is 10.2. The van der Waals surface area contributed by atoms with Gasteiger partial charge in [-0.25, -0.2) is 8.42 Å². The first-order valence-corrected chi connectivity index (χ1v) is 8.55. The minimum absolute atomic E-state index is 0.0853. The third-order valence-electron chi connectivity index (χ3n) is 3.44. The molecule has 0 amide bonds. The predicted octanol–water partition coefficient (Wildman–Crippen LogP) is 3.09. The minimum Gasteiger partial charge on any atom is -0.265 e. The first kappa shape index (κ1) is 14.5. The Kier molecular flexibility index (Phi) is 3.97. The number of pyridine rings is 1. The predicted molar refractivity (Wildman–Crippen MR) is 81.4 cm³/mol. The molecule has 110 valence electrons. The van der Waals surface area contributed by atoms with E-state index in [9.17, 15) is 8.42 Å². The fraction of sp³-hybridized carbons (Fsp3) is 0.267. The van der Waals surface area contributed by atoms with Crippen LogP contribution in [0.2, 0.25) is 5.02 Å². The molecule has 21 heavy (non-hydrogen) atoms. The molecule has 1 fully saturated rings. The Balaban J connectivity index is 1.93. The van der Waals surface area contributed by atoms with E-state index in [1.165, 1.54) is 6.07 Å². The Morgan fingerprint density at radius 3 is 2.52 bits per heavy atom. The van der Waals surface area contributed by atoms with Crippen LogP contribution in [0.5, 0.6) is 0 Å². The molecule has 1 aliphatic rings. The molecule has 0 bridgehead atoms. The fourth-order valence-electron chi connectivity index (χ4n) is 2.20. The zero-order valence-corrected chi connectivity index (χ0v) is 12.9. The third kappa shape index (κ3) is 3.26. The van der Waals surface area contributed by atoms with E-state index in [2.05, 4.69) is 4.98 Å². The van der Waals surface area contributed by atoms with Gasteiger partial charge in [-0.15, -0.1) is 0 Å². The molecular formula is C15H15ClN2O2S.